The average Bonchev–Trinajstić information content (AvgIpc) is 2.76. The fraction of sp³-hybridized carbons (Fsp3) is 0.182. The van der Waals surface area contributed by atoms with E-state index in [1.165, 1.54) is 17.5 Å². The second-order valence-electron chi connectivity index (χ2n) is 6.52. The fourth-order valence-corrected chi connectivity index (χ4v) is 4.98. The number of anilines is 1. The Labute approximate surface area is 180 Å². The largest absolute Gasteiger partial charge is 0.497 e. The standard InChI is InChI=1S/C22H21ClFNO4S/c1-15(16-4-8-18(28-2)9-5-16)25(17-6-10-19(29-3)11-7-17)30(26,27)20-12-13-22(24)21(23)14-20/h4-15H,1-3H3/t15-/m1/s1. The van der Waals surface area contributed by atoms with Crippen molar-refractivity contribution in [2.24, 2.45) is 0 Å². The molecule has 0 saturated carbocycles. The third-order valence-corrected chi connectivity index (χ3v) is 6.91. The Morgan fingerprint density at radius 1 is 0.900 bits per heavy atom. The highest BCUT2D eigenvalue weighted by Gasteiger charge is 2.31. The van der Waals surface area contributed by atoms with Gasteiger partial charge in [-0.05, 0) is 67.1 Å². The topological polar surface area (TPSA) is 55.8 Å². The molecule has 0 fully saturated rings. The van der Waals surface area contributed by atoms with Crippen LogP contribution in [0, 0.1) is 5.82 Å². The number of hydrogen-bond acceptors (Lipinski definition) is 4. The number of hydrogen-bond donors (Lipinski definition) is 0. The quantitative estimate of drug-likeness (QED) is 0.481. The molecule has 3 aromatic rings. The molecule has 3 aromatic carbocycles. The molecule has 0 bridgehead atoms. The third-order valence-electron chi connectivity index (χ3n) is 4.72. The Kier molecular flexibility index (Phi) is 6.53. The van der Waals surface area contributed by atoms with Crippen molar-refractivity contribution in [1.29, 1.82) is 0 Å². The average molecular weight is 450 g/mol. The Bertz CT molecular complexity index is 1120. The Morgan fingerprint density at radius 2 is 1.43 bits per heavy atom. The van der Waals surface area contributed by atoms with Gasteiger partial charge in [0, 0.05) is 0 Å². The van der Waals surface area contributed by atoms with E-state index in [4.69, 9.17) is 21.1 Å². The smallest absolute Gasteiger partial charge is 0.264 e. The molecule has 8 heteroatoms. The number of rotatable bonds is 7. The summed E-state index contributed by atoms with van der Waals surface area (Å²) < 4.78 is 52.4. The number of halogens is 2. The molecule has 0 aliphatic heterocycles. The van der Waals surface area contributed by atoms with Gasteiger partial charge in [0.25, 0.3) is 10.0 Å². The maximum Gasteiger partial charge on any atom is 0.264 e. The summed E-state index contributed by atoms with van der Waals surface area (Å²) in [4.78, 5) is -0.106. The number of sulfonamides is 1. The minimum Gasteiger partial charge on any atom is -0.497 e. The molecule has 0 saturated heterocycles. The van der Waals surface area contributed by atoms with Crippen LogP contribution < -0.4 is 13.8 Å². The minimum absolute atomic E-state index is 0.106. The van der Waals surface area contributed by atoms with Gasteiger partial charge < -0.3 is 9.47 Å². The van der Waals surface area contributed by atoms with Crippen LogP contribution in [0.5, 0.6) is 11.5 Å². The van der Waals surface area contributed by atoms with Crippen molar-refractivity contribution in [1.82, 2.24) is 0 Å². The lowest BCUT2D eigenvalue weighted by molar-refractivity contribution is 0.414. The van der Waals surface area contributed by atoms with Crippen molar-refractivity contribution >= 4 is 27.3 Å². The van der Waals surface area contributed by atoms with Crippen LogP contribution in [0.25, 0.3) is 0 Å². The van der Waals surface area contributed by atoms with E-state index in [1.54, 1.807) is 62.6 Å². The molecule has 0 radical (unpaired) electrons. The van der Waals surface area contributed by atoms with Gasteiger partial charge in [0.1, 0.15) is 17.3 Å². The molecule has 0 aliphatic rings. The molecule has 0 aromatic heterocycles. The van der Waals surface area contributed by atoms with Gasteiger partial charge in [0.2, 0.25) is 0 Å². The number of ether oxygens (including phenoxy) is 2. The molecule has 0 N–H and O–H groups in total. The maximum absolute atomic E-state index is 13.6. The van der Waals surface area contributed by atoms with E-state index in [-0.39, 0.29) is 9.92 Å². The van der Waals surface area contributed by atoms with Gasteiger partial charge in [0.05, 0.1) is 35.9 Å². The lowest BCUT2D eigenvalue weighted by atomic mass is 10.1. The van der Waals surface area contributed by atoms with E-state index in [0.29, 0.717) is 17.2 Å². The van der Waals surface area contributed by atoms with Crippen molar-refractivity contribution in [2.45, 2.75) is 17.9 Å². The monoisotopic (exact) mass is 449 g/mol. The molecule has 30 heavy (non-hydrogen) atoms. The van der Waals surface area contributed by atoms with Crippen molar-refractivity contribution in [2.75, 3.05) is 18.5 Å². The highest BCUT2D eigenvalue weighted by atomic mass is 35.5. The van der Waals surface area contributed by atoms with Gasteiger partial charge in [-0.15, -0.1) is 0 Å². The summed E-state index contributed by atoms with van der Waals surface area (Å²) in [6, 6.07) is 16.6. The first-order valence-electron chi connectivity index (χ1n) is 9.05. The molecule has 0 aliphatic carbocycles. The maximum atomic E-state index is 13.6. The van der Waals surface area contributed by atoms with E-state index in [9.17, 15) is 12.8 Å². The van der Waals surface area contributed by atoms with Crippen LogP contribution in [0.2, 0.25) is 5.02 Å². The minimum atomic E-state index is -4.07. The van der Waals surface area contributed by atoms with E-state index in [0.717, 1.165) is 17.7 Å². The number of nitrogens with zero attached hydrogens (tertiary/aromatic N) is 1. The number of benzene rings is 3. The molecule has 158 valence electrons. The second-order valence-corrected chi connectivity index (χ2v) is 8.75. The van der Waals surface area contributed by atoms with E-state index >= 15 is 0 Å². The van der Waals surface area contributed by atoms with Crippen LogP contribution in [0.1, 0.15) is 18.5 Å². The van der Waals surface area contributed by atoms with Crippen molar-refractivity contribution in [3.8, 4) is 11.5 Å². The highest BCUT2D eigenvalue weighted by Crippen LogP contribution is 2.35. The normalized spacial score (nSPS) is 12.3. The van der Waals surface area contributed by atoms with Crippen molar-refractivity contribution in [3.05, 3.63) is 83.1 Å². The van der Waals surface area contributed by atoms with Crippen LogP contribution in [-0.2, 0) is 10.0 Å². The highest BCUT2D eigenvalue weighted by molar-refractivity contribution is 7.92. The third kappa shape index (κ3) is 4.37. The molecular formula is C22H21ClFNO4S. The zero-order valence-electron chi connectivity index (χ0n) is 16.7. The van der Waals surface area contributed by atoms with Crippen LogP contribution in [0.15, 0.2) is 71.6 Å². The summed E-state index contributed by atoms with van der Waals surface area (Å²) in [5.74, 6) is 0.572. The predicted molar refractivity (Wildman–Crippen MR) is 115 cm³/mol. The van der Waals surface area contributed by atoms with Crippen LogP contribution in [0.4, 0.5) is 10.1 Å². The summed E-state index contributed by atoms with van der Waals surface area (Å²) in [5, 5.41) is -0.261. The lowest BCUT2D eigenvalue weighted by Gasteiger charge is -2.31. The Hall–Kier alpha value is -2.77. The summed E-state index contributed by atoms with van der Waals surface area (Å²) >= 11 is 5.85. The van der Waals surface area contributed by atoms with E-state index in [2.05, 4.69) is 0 Å². The van der Waals surface area contributed by atoms with E-state index < -0.39 is 21.9 Å². The lowest BCUT2D eigenvalue weighted by Crippen LogP contribution is -2.33. The van der Waals surface area contributed by atoms with Gasteiger partial charge in [0.15, 0.2) is 0 Å². The Balaban J connectivity index is 2.13. The zero-order chi connectivity index (χ0) is 21.9. The van der Waals surface area contributed by atoms with Crippen molar-refractivity contribution < 1.29 is 22.3 Å². The Morgan fingerprint density at radius 3 is 1.93 bits per heavy atom. The molecule has 0 spiro atoms. The summed E-state index contributed by atoms with van der Waals surface area (Å²) in [6.07, 6.45) is 0. The van der Waals surface area contributed by atoms with Crippen LogP contribution >= 0.6 is 11.6 Å². The summed E-state index contributed by atoms with van der Waals surface area (Å²) in [5.41, 5.74) is 1.18. The molecule has 3 rings (SSSR count). The second kappa shape index (κ2) is 8.93. The molecular weight excluding hydrogens is 429 g/mol. The molecule has 0 heterocycles. The summed E-state index contributed by atoms with van der Waals surface area (Å²) in [6.45, 7) is 1.77. The predicted octanol–water partition coefficient (Wildman–Crippen LogP) is 5.45. The van der Waals surface area contributed by atoms with Gasteiger partial charge in [-0.25, -0.2) is 12.8 Å². The van der Waals surface area contributed by atoms with Gasteiger partial charge >= 0.3 is 0 Å². The summed E-state index contributed by atoms with van der Waals surface area (Å²) in [7, 11) is -0.974. The first kappa shape index (κ1) is 21.9. The number of methoxy groups -OCH3 is 2. The first-order chi connectivity index (χ1) is 14.3. The molecule has 0 unspecified atom stereocenters. The van der Waals surface area contributed by atoms with Crippen molar-refractivity contribution in [3.63, 3.8) is 0 Å². The SMILES string of the molecule is COc1ccc([C@@H](C)N(c2ccc(OC)cc2)S(=O)(=O)c2ccc(F)c(Cl)c2)cc1. The fourth-order valence-electron chi connectivity index (χ4n) is 3.07. The van der Waals surface area contributed by atoms with Gasteiger partial charge in [-0.3, -0.25) is 4.31 Å². The van der Waals surface area contributed by atoms with Gasteiger partial charge in [-0.1, -0.05) is 23.7 Å². The van der Waals surface area contributed by atoms with Gasteiger partial charge in [-0.2, -0.15) is 0 Å². The molecule has 5 nitrogen and oxygen atoms in total. The molecule has 1 atom stereocenters. The van der Waals surface area contributed by atoms with E-state index in [1.807, 2.05) is 0 Å². The van der Waals surface area contributed by atoms with Crippen LogP contribution in [-0.4, -0.2) is 22.6 Å². The van der Waals surface area contributed by atoms with Crippen LogP contribution in [0.3, 0.4) is 0 Å². The molecule has 0 amide bonds. The first-order valence-corrected chi connectivity index (χ1v) is 10.9. The zero-order valence-corrected chi connectivity index (χ0v) is 18.2.